The zero-order chi connectivity index (χ0) is 12.0. The van der Waals surface area contributed by atoms with Crippen molar-refractivity contribution in [2.75, 3.05) is 13.7 Å². The van der Waals surface area contributed by atoms with E-state index in [9.17, 15) is 4.79 Å². The highest BCUT2D eigenvalue weighted by Crippen LogP contribution is 2.13. The minimum Gasteiger partial charge on any atom is -0.497 e. The van der Waals surface area contributed by atoms with Crippen molar-refractivity contribution in [3.05, 3.63) is 29.8 Å². The largest absolute Gasteiger partial charge is 0.497 e. The molecule has 0 saturated heterocycles. The number of Topliss-reactive ketones (excluding diaryl/α,β-unsaturated/α-hetero) is 1. The summed E-state index contributed by atoms with van der Waals surface area (Å²) in [4.78, 5) is 11.8. The average Bonchev–Trinajstić information content (AvgIpc) is 2.29. The Balaban J connectivity index is 2.59. The minimum atomic E-state index is -0.0281. The van der Waals surface area contributed by atoms with Crippen LogP contribution in [0, 0.1) is 0 Å². The number of carbonyl (C=O) groups is 1. The maximum atomic E-state index is 11.8. The molecule has 0 aliphatic rings. The second-order valence-corrected chi connectivity index (χ2v) is 3.62. The van der Waals surface area contributed by atoms with Crippen LogP contribution in [-0.2, 0) is 4.74 Å². The Bertz CT molecular complexity index is 330. The van der Waals surface area contributed by atoms with Gasteiger partial charge in [-0.25, -0.2) is 0 Å². The quantitative estimate of drug-likeness (QED) is 0.694. The summed E-state index contributed by atoms with van der Waals surface area (Å²) >= 11 is 0. The van der Waals surface area contributed by atoms with Crippen molar-refractivity contribution in [2.24, 2.45) is 0 Å². The fourth-order valence-corrected chi connectivity index (χ4v) is 1.50. The number of methoxy groups -OCH3 is 1. The fraction of sp³-hybridized carbons (Fsp3) is 0.462. The predicted molar refractivity (Wildman–Crippen MR) is 63.0 cm³/mol. The maximum Gasteiger partial charge on any atom is 0.165 e. The Kier molecular flexibility index (Phi) is 4.99. The van der Waals surface area contributed by atoms with Crippen molar-refractivity contribution in [2.45, 2.75) is 26.4 Å². The van der Waals surface area contributed by atoms with Gasteiger partial charge in [-0.15, -0.1) is 0 Å². The molecule has 1 unspecified atom stereocenters. The number of rotatable bonds is 6. The Labute approximate surface area is 96.4 Å². The highest BCUT2D eigenvalue weighted by atomic mass is 16.5. The fourth-order valence-electron chi connectivity index (χ4n) is 1.50. The second kappa shape index (κ2) is 6.28. The number of carbonyl (C=O) groups excluding carboxylic acids is 1. The van der Waals surface area contributed by atoms with Gasteiger partial charge in [0.1, 0.15) is 5.75 Å². The summed E-state index contributed by atoms with van der Waals surface area (Å²) in [6, 6.07) is 7.14. The highest BCUT2D eigenvalue weighted by molar-refractivity contribution is 5.96. The minimum absolute atomic E-state index is 0.0281. The standard InChI is InChI=1S/C13H18O3/c1-4-16-10(2)9-13(14)11-5-7-12(15-3)8-6-11/h5-8,10H,4,9H2,1-3H3. The van der Waals surface area contributed by atoms with Crippen LogP contribution in [0.3, 0.4) is 0 Å². The normalized spacial score (nSPS) is 12.2. The summed E-state index contributed by atoms with van der Waals surface area (Å²) in [5.41, 5.74) is 0.701. The first-order chi connectivity index (χ1) is 7.67. The van der Waals surface area contributed by atoms with Gasteiger partial charge in [-0.05, 0) is 38.1 Å². The van der Waals surface area contributed by atoms with Crippen molar-refractivity contribution in [1.29, 1.82) is 0 Å². The van der Waals surface area contributed by atoms with E-state index in [1.807, 2.05) is 13.8 Å². The Hall–Kier alpha value is -1.35. The molecule has 16 heavy (non-hydrogen) atoms. The van der Waals surface area contributed by atoms with Crippen LogP contribution < -0.4 is 4.74 Å². The molecule has 0 N–H and O–H groups in total. The van der Waals surface area contributed by atoms with Gasteiger partial charge in [0.05, 0.1) is 13.2 Å². The molecule has 1 rings (SSSR count). The monoisotopic (exact) mass is 222 g/mol. The van der Waals surface area contributed by atoms with Gasteiger partial charge in [-0.2, -0.15) is 0 Å². The number of hydrogen-bond donors (Lipinski definition) is 0. The van der Waals surface area contributed by atoms with Gasteiger partial charge in [0.15, 0.2) is 5.78 Å². The van der Waals surface area contributed by atoms with Crippen LogP contribution in [0.2, 0.25) is 0 Å². The molecule has 1 atom stereocenters. The smallest absolute Gasteiger partial charge is 0.165 e. The first-order valence-corrected chi connectivity index (χ1v) is 5.46. The lowest BCUT2D eigenvalue weighted by Gasteiger charge is -2.10. The van der Waals surface area contributed by atoms with E-state index in [-0.39, 0.29) is 11.9 Å². The molecule has 0 aromatic heterocycles. The lowest BCUT2D eigenvalue weighted by atomic mass is 10.1. The van der Waals surface area contributed by atoms with Gasteiger partial charge >= 0.3 is 0 Å². The molecule has 0 radical (unpaired) electrons. The third-order valence-corrected chi connectivity index (χ3v) is 2.34. The molecule has 0 fully saturated rings. The molecule has 0 bridgehead atoms. The third-order valence-electron chi connectivity index (χ3n) is 2.34. The zero-order valence-corrected chi connectivity index (χ0v) is 10.0. The Morgan fingerprint density at radius 1 is 1.31 bits per heavy atom. The van der Waals surface area contributed by atoms with Gasteiger partial charge in [-0.3, -0.25) is 4.79 Å². The van der Waals surface area contributed by atoms with Crippen molar-refractivity contribution in [1.82, 2.24) is 0 Å². The summed E-state index contributed by atoms with van der Waals surface area (Å²) in [7, 11) is 1.61. The van der Waals surface area contributed by atoms with Crippen LogP contribution in [0.1, 0.15) is 30.6 Å². The molecular weight excluding hydrogens is 204 g/mol. The van der Waals surface area contributed by atoms with E-state index in [1.54, 1.807) is 31.4 Å². The predicted octanol–water partition coefficient (Wildman–Crippen LogP) is 2.69. The van der Waals surface area contributed by atoms with Crippen LogP contribution in [0.5, 0.6) is 5.75 Å². The summed E-state index contributed by atoms with van der Waals surface area (Å²) in [6.07, 6.45) is 0.389. The summed E-state index contributed by atoms with van der Waals surface area (Å²) < 4.78 is 10.4. The van der Waals surface area contributed by atoms with E-state index >= 15 is 0 Å². The van der Waals surface area contributed by atoms with E-state index < -0.39 is 0 Å². The Morgan fingerprint density at radius 2 is 1.94 bits per heavy atom. The van der Waals surface area contributed by atoms with E-state index in [4.69, 9.17) is 9.47 Å². The van der Waals surface area contributed by atoms with Crippen LogP contribution in [0.15, 0.2) is 24.3 Å². The number of hydrogen-bond acceptors (Lipinski definition) is 3. The van der Waals surface area contributed by atoms with Crippen LogP contribution in [0.4, 0.5) is 0 Å². The summed E-state index contributed by atoms with van der Waals surface area (Å²) in [6.45, 7) is 4.47. The molecular formula is C13H18O3. The molecule has 0 aliphatic carbocycles. The van der Waals surface area contributed by atoms with Crippen LogP contribution in [-0.4, -0.2) is 25.6 Å². The van der Waals surface area contributed by atoms with Crippen molar-refractivity contribution >= 4 is 5.78 Å². The van der Waals surface area contributed by atoms with Crippen molar-refractivity contribution in [3.8, 4) is 5.75 Å². The maximum absolute atomic E-state index is 11.8. The molecule has 1 aromatic carbocycles. The topological polar surface area (TPSA) is 35.5 Å². The molecule has 3 nitrogen and oxygen atoms in total. The van der Waals surface area contributed by atoms with Gasteiger partial charge in [0, 0.05) is 18.6 Å². The highest BCUT2D eigenvalue weighted by Gasteiger charge is 2.11. The molecule has 1 aromatic rings. The molecule has 0 aliphatic heterocycles. The number of ether oxygens (including phenoxy) is 2. The van der Waals surface area contributed by atoms with E-state index in [0.717, 1.165) is 5.75 Å². The van der Waals surface area contributed by atoms with Crippen LogP contribution >= 0.6 is 0 Å². The van der Waals surface area contributed by atoms with Crippen molar-refractivity contribution < 1.29 is 14.3 Å². The van der Waals surface area contributed by atoms with Gasteiger partial charge in [0.2, 0.25) is 0 Å². The van der Waals surface area contributed by atoms with E-state index in [2.05, 4.69) is 0 Å². The summed E-state index contributed by atoms with van der Waals surface area (Å²) in [5.74, 6) is 0.859. The average molecular weight is 222 g/mol. The summed E-state index contributed by atoms with van der Waals surface area (Å²) in [5, 5.41) is 0. The SMILES string of the molecule is CCOC(C)CC(=O)c1ccc(OC)cc1. The van der Waals surface area contributed by atoms with Gasteiger partial charge in [-0.1, -0.05) is 0 Å². The first-order valence-electron chi connectivity index (χ1n) is 5.46. The second-order valence-electron chi connectivity index (χ2n) is 3.62. The molecule has 88 valence electrons. The Morgan fingerprint density at radius 3 is 2.44 bits per heavy atom. The molecule has 3 heteroatoms. The number of ketones is 1. The zero-order valence-electron chi connectivity index (χ0n) is 10.0. The first kappa shape index (κ1) is 12.7. The lowest BCUT2D eigenvalue weighted by molar-refractivity contribution is 0.0609. The van der Waals surface area contributed by atoms with E-state index in [1.165, 1.54) is 0 Å². The van der Waals surface area contributed by atoms with Gasteiger partial charge < -0.3 is 9.47 Å². The molecule has 0 heterocycles. The number of benzene rings is 1. The molecule has 0 saturated carbocycles. The van der Waals surface area contributed by atoms with E-state index in [0.29, 0.717) is 18.6 Å². The lowest BCUT2D eigenvalue weighted by Crippen LogP contribution is -2.14. The molecule has 0 spiro atoms. The molecule has 0 amide bonds. The third kappa shape index (κ3) is 3.66. The van der Waals surface area contributed by atoms with Gasteiger partial charge in [0.25, 0.3) is 0 Å². The van der Waals surface area contributed by atoms with Crippen LogP contribution in [0.25, 0.3) is 0 Å². The van der Waals surface area contributed by atoms with Crippen molar-refractivity contribution in [3.63, 3.8) is 0 Å².